The second-order valence-electron chi connectivity index (χ2n) is 5.13. The Labute approximate surface area is 118 Å². The maximum atomic E-state index is 6.21. The zero-order valence-electron chi connectivity index (χ0n) is 10.9. The van der Waals surface area contributed by atoms with E-state index in [1.54, 1.807) is 6.20 Å². The molecule has 1 N–H and O–H groups in total. The highest BCUT2D eigenvalue weighted by molar-refractivity contribution is 6.31. The minimum atomic E-state index is 0.536. The molecule has 1 heterocycles. The molecule has 0 amide bonds. The maximum Gasteiger partial charge on any atom is 0.208 e. The fourth-order valence-corrected chi connectivity index (χ4v) is 2.85. The molecule has 3 rings (SSSR count). The summed E-state index contributed by atoms with van der Waals surface area (Å²) >= 11 is 6.21. The Bertz CT molecular complexity index is 561. The molecule has 0 saturated heterocycles. The van der Waals surface area contributed by atoms with Gasteiger partial charge in [0.25, 0.3) is 0 Å². The fraction of sp³-hybridized carbons (Fsp3) is 0.400. The summed E-state index contributed by atoms with van der Waals surface area (Å²) in [5.74, 6) is 2.20. The van der Waals surface area contributed by atoms with Crippen molar-refractivity contribution in [2.75, 3.05) is 0 Å². The topological polar surface area (TPSA) is 38.1 Å². The highest BCUT2D eigenvalue weighted by atomic mass is 35.5. The van der Waals surface area contributed by atoms with Gasteiger partial charge in [-0.2, -0.15) is 0 Å². The van der Waals surface area contributed by atoms with E-state index in [1.165, 1.54) is 5.56 Å². The van der Waals surface area contributed by atoms with Crippen LogP contribution in [0.25, 0.3) is 0 Å². The minimum Gasteiger partial charge on any atom is -0.445 e. The molecule has 0 aliphatic heterocycles. The summed E-state index contributed by atoms with van der Waals surface area (Å²) in [7, 11) is 0. The van der Waals surface area contributed by atoms with Gasteiger partial charge in [0.1, 0.15) is 5.76 Å². The highest BCUT2D eigenvalue weighted by Gasteiger charge is 2.31. The van der Waals surface area contributed by atoms with Crippen LogP contribution in [0.3, 0.4) is 0 Å². The van der Waals surface area contributed by atoms with E-state index < -0.39 is 0 Å². The van der Waals surface area contributed by atoms with Crippen LogP contribution in [0.5, 0.6) is 0 Å². The number of aromatic nitrogens is 1. The zero-order valence-corrected chi connectivity index (χ0v) is 11.7. The Morgan fingerprint density at radius 3 is 2.84 bits per heavy atom. The number of halogens is 1. The number of rotatable bonds is 4. The molecule has 1 aromatic carbocycles. The van der Waals surface area contributed by atoms with E-state index in [-0.39, 0.29) is 0 Å². The van der Waals surface area contributed by atoms with Crippen molar-refractivity contribution in [3.05, 3.63) is 52.7 Å². The van der Waals surface area contributed by atoms with Gasteiger partial charge in [-0.1, -0.05) is 29.8 Å². The first-order valence-corrected chi connectivity index (χ1v) is 6.99. The summed E-state index contributed by atoms with van der Waals surface area (Å²) in [5, 5.41) is 4.35. The van der Waals surface area contributed by atoms with Crippen LogP contribution in [-0.4, -0.2) is 11.0 Å². The minimum absolute atomic E-state index is 0.536. The van der Waals surface area contributed by atoms with E-state index in [4.69, 9.17) is 16.0 Å². The number of hydrogen-bond donors (Lipinski definition) is 1. The maximum absolute atomic E-state index is 6.21. The van der Waals surface area contributed by atoms with Crippen LogP contribution in [0.1, 0.15) is 36.0 Å². The average Bonchev–Trinajstić information content (AvgIpc) is 2.75. The molecule has 3 nitrogen and oxygen atoms in total. The Kier molecular flexibility index (Phi) is 3.58. The number of benzene rings is 1. The lowest BCUT2D eigenvalue weighted by molar-refractivity contribution is 0.279. The van der Waals surface area contributed by atoms with Gasteiger partial charge >= 0.3 is 0 Å². The Balaban J connectivity index is 1.49. The van der Waals surface area contributed by atoms with Gasteiger partial charge < -0.3 is 9.73 Å². The molecule has 19 heavy (non-hydrogen) atoms. The van der Waals surface area contributed by atoms with Gasteiger partial charge in [0.05, 0.1) is 12.7 Å². The predicted octanol–water partition coefficient (Wildman–Crippen LogP) is 3.67. The third-order valence-electron chi connectivity index (χ3n) is 3.69. The van der Waals surface area contributed by atoms with Crippen molar-refractivity contribution >= 4 is 11.6 Å². The first-order chi connectivity index (χ1) is 9.22. The second-order valence-corrected chi connectivity index (χ2v) is 5.54. The first-order valence-electron chi connectivity index (χ1n) is 6.61. The van der Waals surface area contributed by atoms with Crippen LogP contribution >= 0.6 is 11.6 Å². The lowest BCUT2D eigenvalue weighted by Gasteiger charge is -2.36. The summed E-state index contributed by atoms with van der Waals surface area (Å²) in [6.07, 6.45) is 4.01. The smallest absolute Gasteiger partial charge is 0.208 e. The highest BCUT2D eigenvalue weighted by Crippen LogP contribution is 2.39. The number of aryl methyl sites for hydroxylation is 1. The molecule has 1 aromatic heterocycles. The number of nitrogens with zero attached hydrogens (tertiary/aromatic N) is 1. The van der Waals surface area contributed by atoms with Crippen molar-refractivity contribution in [2.24, 2.45) is 0 Å². The molecule has 1 aliphatic rings. The molecule has 4 heteroatoms. The third-order valence-corrected chi connectivity index (χ3v) is 4.04. The van der Waals surface area contributed by atoms with Gasteiger partial charge in [0, 0.05) is 11.1 Å². The molecular formula is C15H17ClN2O. The van der Waals surface area contributed by atoms with Crippen molar-refractivity contribution in [3.63, 3.8) is 0 Å². The molecule has 1 saturated carbocycles. The number of nitrogens with one attached hydrogen (secondary N) is 1. The van der Waals surface area contributed by atoms with Crippen molar-refractivity contribution in [3.8, 4) is 0 Å². The predicted molar refractivity (Wildman–Crippen MR) is 75.3 cm³/mol. The molecule has 0 bridgehead atoms. The molecule has 0 unspecified atom stereocenters. The van der Waals surface area contributed by atoms with Crippen LogP contribution in [0.15, 0.2) is 34.9 Å². The summed E-state index contributed by atoms with van der Waals surface area (Å²) < 4.78 is 5.44. The lowest BCUT2D eigenvalue weighted by Crippen LogP contribution is -2.39. The Hall–Kier alpha value is -1.32. The second kappa shape index (κ2) is 5.35. The summed E-state index contributed by atoms with van der Waals surface area (Å²) in [6, 6.07) is 8.66. The molecule has 1 aliphatic carbocycles. The van der Waals surface area contributed by atoms with Gasteiger partial charge in [0.15, 0.2) is 0 Å². The van der Waals surface area contributed by atoms with E-state index in [9.17, 15) is 0 Å². The summed E-state index contributed by atoms with van der Waals surface area (Å²) in [6.45, 7) is 2.61. The van der Waals surface area contributed by atoms with Gasteiger partial charge in [-0.3, -0.25) is 0 Å². The first kappa shape index (κ1) is 12.7. The summed E-state index contributed by atoms with van der Waals surface area (Å²) in [5.41, 5.74) is 1.27. The molecule has 2 aromatic rings. The van der Waals surface area contributed by atoms with E-state index in [0.29, 0.717) is 18.5 Å². The van der Waals surface area contributed by atoms with Crippen molar-refractivity contribution < 1.29 is 4.42 Å². The quantitative estimate of drug-likeness (QED) is 0.926. The largest absolute Gasteiger partial charge is 0.445 e. The standard InChI is InChI=1S/C15H17ClN2O/c1-10-8-18-15(19-10)9-17-12-6-11(7-12)13-4-2-3-5-14(13)16/h2-5,8,11-12,17H,6-7,9H2,1H3. The van der Waals surface area contributed by atoms with Crippen LogP contribution in [0.4, 0.5) is 0 Å². The third kappa shape index (κ3) is 2.82. The van der Waals surface area contributed by atoms with Crippen LogP contribution in [-0.2, 0) is 6.54 Å². The van der Waals surface area contributed by atoms with Gasteiger partial charge in [-0.05, 0) is 37.3 Å². The Morgan fingerprint density at radius 1 is 1.37 bits per heavy atom. The SMILES string of the molecule is Cc1cnc(CNC2CC(c3ccccc3Cl)C2)o1. The molecular weight excluding hydrogens is 260 g/mol. The average molecular weight is 277 g/mol. The number of hydrogen-bond acceptors (Lipinski definition) is 3. The van der Waals surface area contributed by atoms with E-state index in [1.807, 2.05) is 19.1 Å². The van der Waals surface area contributed by atoms with Gasteiger partial charge in [0.2, 0.25) is 5.89 Å². The fourth-order valence-electron chi connectivity index (χ4n) is 2.56. The van der Waals surface area contributed by atoms with Crippen LogP contribution in [0, 0.1) is 6.92 Å². The monoisotopic (exact) mass is 276 g/mol. The molecule has 100 valence electrons. The molecule has 0 atom stereocenters. The van der Waals surface area contributed by atoms with Gasteiger partial charge in [-0.25, -0.2) is 4.98 Å². The summed E-state index contributed by atoms with van der Waals surface area (Å²) in [4.78, 5) is 4.19. The molecule has 0 radical (unpaired) electrons. The van der Waals surface area contributed by atoms with Crippen molar-refractivity contribution in [1.29, 1.82) is 0 Å². The van der Waals surface area contributed by atoms with Crippen molar-refractivity contribution in [1.82, 2.24) is 10.3 Å². The lowest BCUT2D eigenvalue weighted by atomic mass is 9.76. The van der Waals surface area contributed by atoms with Crippen molar-refractivity contribution in [2.45, 2.75) is 38.3 Å². The van der Waals surface area contributed by atoms with E-state index in [2.05, 4.69) is 22.4 Å². The number of oxazole rings is 1. The molecule has 1 fully saturated rings. The van der Waals surface area contributed by atoms with E-state index in [0.717, 1.165) is 29.5 Å². The van der Waals surface area contributed by atoms with E-state index >= 15 is 0 Å². The van der Waals surface area contributed by atoms with Crippen LogP contribution < -0.4 is 5.32 Å². The van der Waals surface area contributed by atoms with Crippen LogP contribution in [0.2, 0.25) is 5.02 Å². The van der Waals surface area contributed by atoms with Gasteiger partial charge in [-0.15, -0.1) is 0 Å². The Morgan fingerprint density at radius 2 is 2.16 bits per heavy atom. The zero-order chi connectivity index (χ0) is 13.2. The molecule has 0 spiro atoms. The normalized spacial score (nSPS) is 22.2.